The maximum absolute atomic E-state index is 5.77. The Hall–Kier alpha value is -0.160. The fourth-order valence-corrected chi connectivity index (χ4v) is 3.04. The van der Waals surface area contributed by atoms with E-state index in [1.807, 2.05) is 0 Å². The number of likely N-dealkylation sites (tertiary alicyclic amines) is 1. The molecule has 17 heavy (non-hydrogen) atoms. The Morgan fingerprint density at radius 3 is 2.41 bits per heavy atom. The first-order valence-corrected chi connectivity index (χ1v) is 7.04. The molecule has 0 bridgehead atoms. The zero-order valence-corrected chi connectivity index (χ0v) is 11.4. The third-order valence-electron chi connectivity index (χ3n) is 4.42. The van der Waals surface area contributed by atoms with Crippen LogP contribution in [0.15, 0.2) is 0 Å². The van der Waals surface area contributed by atoms with Gasteiger partial charge in [-0.1, -0.05) is 0 Å². The lowest BCUT2D eigenvalue weighted by molar-refractivity contribution is 0.133. The molecule has 100 valence electrons. The van der Waals surface area contributed by atoms with Gasteiger partial charge in [-0.25, -0.2) is 0 Å². The lowest BCUT2D eigenvalue weighted by Gasteiger charge is -2.34. The van der Waals surface area contributed by atoms with E-state index >= 15 is 0 Å². The molecule has 2 atom stereocenters. The van der Waals surface area contributed by atoms with Crippen molar-refractivity contribution in [3.05, 3.63) is 0 Å². The van der Waals surface area contributed by atoms with E-state index in [0.29, 0.717) is 0 Å². The third kappa shape index (κ3) is 3.65. The molecule has 2 N–H and O–H groups in total. The smallest absolute Gasteiger partial charge is 0.0112 e. The normalized spacial score (nSPS) is 33.4. The fraction of sp³-hybridized carbons (Fsp3) is 1.00. The summed E-state index contributed by atoms with van der Waals surface area (Å²) in [6, 6.07) is 0.732. The second kappa shape index (κ2) is 6.14. The van der Waals surface area contributed by atoms with Crippen LogP contribution in [0.5, 0.6) is 0 Å². The SMILES string of the molecule is CC1CC(CN)CN1CCN1CCN(C)CC1. The predicted molar refractivity (Wildman–Crippen MR) is 72.1 cm³/mol. The molecule has 2 aliphatic rings. The van der Waals surface area contributed by atoms with E-state index in [2.05, 4.69) is 28.7 Å². The van der Waals surface area contributed by atoms with Gasteiger partial charge in [0.2, 0.25) is 0 Å². The Bertz CT molecular complexity index is 225. The average Bonchev–Trinajstić information content (AvgIpc) is 2.69. The number of rotatable bonds is 4. The van der Waals surface area contributed by atoms with Gasteiger partial charge in [-0.05, 0) is 32.9 Å². The first kappa shape index (κ1) is 13.3. The second-order valence-corrected chi connectivity index (χ2v) is 5.83. The van der Waals surface area contributed by atoms with Crippen molar-refractivity contribution in [3.63, 3.8) is 0 Å². The Morgan fingerprint density at radius 2 is 1.82 bits per heavy atom. The van der Waals surface area contributed by atoms with E-state index in [1.165, 1.54) is 52.2 Å². The quantitative estimate of drug-likeness (QED) is 0.744. The van der Waals surface area contributed by atoms with Crippen LogP contribution in [0.3, 0.4) is 0 Å². The molecule has 2 saturated heterocycles. The van der Waals surface area contributed by atoms with Gasteiger partial charge >= 0.3 is 0 Å². The van der Waals surface area contributed by atoms with Gasteiger partial charge in [0.15, 0.2) is 0 Å². The van der Waals surface area contributed by atoms with Gasteiger partial charge in [-0.15, -0.1) is 0 Å². The van der Waals surface area contributed by atoms with Gasteiger partial charge in [0.1, 0.15) is 0 Å². The summed E-state index contributed by atoms with van der Waals surface area (Å²) in [4.78, 5) is 7.64. The predicted octanol–water partition coefficient (Wildman–Crippen LogP) is -0.0971. The van der Waals surface area contributed by atoms with E-state index in [-0.39, 0.29) is 0 Å². The molecule has 0 radical (unpaired) electrons. The molecule has 2 aliphatic heterocycles. The number of nitrogens with zero attached hydrogens (tertiary/aromatic N) is 3. The van der Waals surface area contributed by atoms with Crippen LogP contribution in [0.4, 0.5) is 0 Å². The minimum Gasteiger partial charge on any atom is -0.330 e. The van der Waals surface area contributed by atoms with Crippen LogP contribution >= 0.6 is 0 Å². The summed E-state index contributed by atoms with van der Waals surface area (Å²) in [5.74, 6) is 0.734. The van der Waals surface area contributed by atoms with Gasteiger partial charge < -0.3 is 10.6 Å². The lowest BCUT2D eigenvalue weighted by atomic mass is 10.1. The van der Waals surface area contributed by atoms with Crippen LogP contribution in [0.1, 0.15) is 13.3 Å². The Balaban J connectivity index is 1.68. The van der Waals surface area contributed by atoms with Crippen molar-refractivity contribution >= 4 is 0 Å². The highest BCUT2D eigenvalue weighted by Gasteiger charge is 2.28. The van der Waals surface area contributed by atoms with Crippen LogP contribution in [-0.4, -0.2) is 80.1 Å². The van der Waals surface area contributed by atoms with Crippen LogP contribution in [0.2, 0.25) is 0 Å². The van der Waals surface area contributed by atoms with E-state index < -0.39 is 0 Å². The molecular weight excluding hydrogens is 212 g/mol. The molecule has 0 amide bonds. The van der Waals surface area contributed by atoms with Gasteiger partial charge in [0.05, 0.1) is 0 Å². The summed E-state index contributed by atoms with van der Waals surface area (Å²) in [5, 5.41) is 0. The molecule has 0 aromatic heterocycles. The molecule has 2 rings (SSSR count). The number of hydrogen-bond acceptors (Lipinski definition) is 4. The maximum atomic E-state index is 5.77. The minimum atomic E-state index is 0.732. The first-order chi connectivity index (χ1) is 8.19. The Kier molecular flexibility index (Phi) is 4.79. The third-order valence-corrected chi connectivity index (χ3v) is 4.42. The van der Waals surface area contributed by atoms with Crippen molar-refractivity contribution in [2.75, 3.05) is 59.4 Å². The van der Waals surface area contributed by atoms with Gasteiger partial charge in [-0.2, -0.15) is 0 Å². The molecule has 2 heterocycles. The van der Waals surface area contributed by atoms with Crippen molar-refractivity contribution in [1.29, 1.82) is 0 Å². The average molecular weight is 240 g/mol. The number of piperazine rings is 1. The molecule has 4 heteroatoms. The molecule has 2 fully saturated rings. The zero-order valence-electron chi connectivity index (χ0n) is 11.4. The number of nitrogens with two attached hydrogens (primary N) is 1. The van der Waals surface area contributed by atoms with Gasteiger partial charge in [-0.3, -0.25) is 9.80 Å². The molecule has 4 nitrogen and oxygen atoms in total. The molecule has 0 saturated carbocycles. The van der Waals surface area contributed by atoms with Crippen LogP contribution in [-0.2, 0) is 0 Å². The first-order valence-electron chi connectivity index (χ1n) is 7.04. The van der Waals surface area contributed by atoms with Gasteiger partial charge in [0.25, 0.3) is 0 Å². The Morgan fingerprint density at radius 1 is 1.12 bits per heavy atom. The molecule has 0 aliphatic carbocycles. The second-order valence-electron chi connectivity index (χ2n) is 5.83. The highest BCUT2D eigenvalue weighted by atomic mass is 15.3. The van der Waals surface area contributed by atoms with Crippen LogP contribution in [0.25, 0.3) is 0 Å². The van der Waals surface area contributed by atoms with Gasteiger partial charge in [0, 0.05) is 51.9 Å². The van der Waals surface area contributed by atoms with Crippen molar-refractivity contribution < 1.29 is 0 Å². The highest BCUT2D eigenvalue weighted by Crippen LogP contribution is 2.21. The number of likely N-dealkylation sites (N-methyl/N-ethyl adjacent to an activating group) is 1. The Labute approximate surface area is 106 Å². The number of hydrogen-bond donors (Lipinski definition) is 1. The van der Waals surface area contributed by atoms with Crippen LogP contribution < -0.4 is 5.73 Å². The van der Waals surface area contributed by atoms with E-state index in [1.54, 1.807) is 0 Å². The van der Waals surface area contributed by atoms with E-state index in [4.69, 9.17) is 5.73 Å². The topological polar surface area (TPSA) is 35.7 Å². The standard InChI is InChI=1S/C13H28N4/c1-12-9-13(10-14)11-17(12)8-7-16-5-3-15(2)4-6-16/h12-13H,3-11,14H2,1-2H3. The summed E-state index contributed by atoms with van der Waals surface area (Å²) in [6.07, 6.45) is 1.29. The van der Waals surface area contributed by atoms with E-state index in [9.17, 15) is 0 Å². The molecular formula is C13H28N4. The fourth-order valence-electron chi connectivity index (χ4n) is 3.04. The maximum Gasteiger partial charge on any atom is 0.0112 e. The van der Waals surface area contributed by atoms with Crippen LogP contribution in [0, 0.1) is 5.92 Å². The van der Waals surface area contributed by atoms with Crippen molar-refractivity contribution in [3.8, 4) is 0 Å². The van der Waals surface area contributed by atoms with E-state index in [0.717, 1.165) is 18.5 Å². The zero-order chi connectivity index (χ0) is 12.3. The highest BCUT2D eigenvalue weighted by molar-refractivity contribution is 4.83. The summed E-state index contributed by atoms with van der Waals surface area (Å²) in [6.45, 7) is 11.8. The summed E-state index contributed by atoms with van der Waals surface area (Å²) >= 11 is 0. The molecule has 0 aromatic rings. The largest absolute Gasteiger partial charge is 0.330 e. The summed E-state index contributed by atoms with van der Waals surface area (Å²) < 4.78 is 0. The lowest BCUT2D eigenvalue weighted by Crippen LogP contribution is -2.47. The molecule has 2 unspecified atom stereocenters. The minimum absolute atomic E-state index is 0.732. The monoisotopic (exact) mass is 240 g/mol. The van der Waals surface area contributed by atoms with Crippen molar-refractivity contribution in [1.82, 2.24) is 14.7 Å². The van der Waals surface area contributed by atoms with Crippen molar-refractivity contribution in [2.24, 2.45) is 11.7 Å². The summed E-state index contributed by atoms with van der Waals surface area (Å²) in [5.41, 5.74) is 5.77. The van der Waals surface area contributed by atoms with Crippen molar-refractivity contribution in [2.45, 2.75) is 19.4 Å². The molecule has 0 aromatic carbocycles. The summed E-state index contributed by atoms with van der Waals surface area (Å²) in [7, 11) is 2.21. The molecule has 0 spiro atoms.